The van der Waals surface area contributed by atoms with Crippen molar-refractivity contribution in [2.24, 2.45) is 0 Å². The third-order valence-corrected chi connectivity index (χ3v) is 5.65. The van der Waals surface area contributed by atoms with E-state index in [0.29, 0.717) is 6.61 Å². The molecule has 4 aliphatic heterocycles. The Morgan fingerprint density at radius 1 is 0.889 bits per heavy atom. The van der Waals surface area contributed by atoms with E-state index in [4.69, 9.17) is 18.9 Å². The Balaban J connectivity index is 1.62. The summed E-state index contributed by atoms with van der Waals surface area (Å²) in [6.45, 7) is 1.36. The maximum atomic E-state index is 6.17. The Morgan fingerprint density at radius 2 is 1.89 bits per heavy atom. The summed E-state index contributed by atoms with van der Waals surface area (Å²) >= 11 is 0. The molecule has 0 bridgehead atoms. The minimum Gasteiger partial charge on any atom is -0.494 e. The molecule has 4 atom stereocenters. The molecular weight excluding hydrogens is 340 g/mol. The van der Waals surface area contributed by atoms with Gasteiger partial charge in [0.2, 0.25) is 0 Å². The van der Waals surface area contributed by atoms with E-state index in [1.54, 1.807) is 6.26 Å². The van der Waals surface area contributed by atoms with Gasteiger partial charge < -0.3 is 18.9 Å². The summed E-state index contributed by atoms with van der Waals surface area (Å²) in [6, 6.07) is 4.24. The molecule has 0 spiro atoms. The molecule has 0 fully saturated rings. The van der Waals surface area contributed by atoms with Crippen LogP contribution in [0.25, 0.3) is 0 Å². The second-order valence-electron chi connectivity index (χ2n) is 7.29. The van der Waals surface area contributed by atoms with Crippen LogP contribution < -0.4 is 4.74 Å². The Hall–Kier alpha value is -2.46. The fraction of sp³-hybridized carbons (Fsp3) is 0.391. The Kier molecular flexibility index (Phi) is 4.50. The van der Waals surface area contributed by atoms with Crippen molar-refractivity contribution >= 4 is 0 Å². The number of ether oxygens (including phenoxy) is 4. The van der Waals surface area contributed by atoms with Crippen LogP contribution in [-0.2, 0) is 14.2 Å². The van der Waals surface area contributed by atoms with Crippen molar-refractivity contribution in [1.82, 2.24) is 0 Å². The molecule has 0 radical (unpaired) electrons. The summed E-state index contributed by atoms with van der Waals surface area (Å²) in [5.41, 5.74) is 3.63. The largest absolute Gasteiger partial charge is 0.494 e. The van der Waals surface area contributed by atoms with Gasteiger partial charge in [0.15, 0.2) is 0 Å². The predicted molar refractivity (Wildman–Crippen MR) is 102 cm³/mol. The fourth-order valence-corrected chi connectivity index (χ4v) is 4.37. The van der Waals surface area contributed by atoms with E-state index in [1.165, 1.54) is 16.7 Å². The van der Waals surface area contributed by atoms with Gasteiger partial charge in [-0.15, -0.1) is 0 Å². The van der Waals surface area contributed by atoms with Crippen LogP contribution in [0.5, 0.6) is 5.75 Å². The van der Waals surface area contributed by atoms with Gasteiger partial charge in [-0.2, -0.15) is 0 Å². The summed E-state index contributed by atoms with van der Waals surface area (Å²) in [7, 11) is 0. The van der Waals surface area contributed by atoms with E-state index < -0.39 is 0 Å². The fourth-order valence-electron chi connectivity index (χ4n) is 4.37. The standard InChI is InChI=1S/C23H24O4/c1-4-12-24-18(7-1)16-10-11-21-23(22(16)20-9-3-6-14-26-20)17(15-27-21)19-8-2-5-13-25-19/h2-5,8-13,17-20H,1,6-7,14-15H2. The van der Waals surface area contributed by atoms with E-state index >= 15 is 0 Å². The maximum Gasteiger partial charge on any atom is 0.126 e. The molecule has 0 amide bonds. The van der Waals surface area contributed by atoms with Gasteiger partial charge in [0.25, 0.3) is 0 Å². The van der Waals surface area contributed by atoms with Crippen LogP contribution in [-0.4, -0.2) is 19.3 Å². The summed E-state index contributed by atoms with van der Waals surface area (Å²) in [5.74, 6) is 1.09. The molecule has 4 unspecified atom stereocenters. The highest BCUT2D eigenvalue weighted by Crippen LogP contribution is 2.47. The summed E-state index contributed by atoms with van der Waals surface area (Å²) < 4.78 is 24.1. The summed E-state index contributed by atoms with van der Waals surface area (Å²) in [4.78, 5) is 0. The van der Waals surface area contributed by atoms with Crippen molar-refractivity contribution in [1.29, 1.82) is 0 Å². The summed E-state index contributed by atoms with van der Waals surface area (Å²) in [5, 5.41) is 0. The smallest absolute Gasteiger partial charge is 0.126 e. The normalized spacial score (nSPS) is 31.1. The molecule has 0 saturated carbocycles. The predicted octanol–water partition coefficient (Wildman–Crippen LogP) is 5.01. The Morgan fingerprint density at radius 3 is 2.67 bits per heavy atom. The molecule has 1 aromatic carbocycles. The first kappa shape index (κ1) is 16.7. The van der Waals surface area contributed by atoms with Crippen molar-refractivity contribution < 1.29 is 18.9 Å². The zero-order chi connectivity index (χ0) is 18.1. The van der Waals surface area contributed by atoms with Crippen LogP contribution in [0, 0.1) is 0 Å². The first-order valence-electron chi connectivity index (χ1n) is 9.79. The van der Waals surface area contributed by atoms with Crippen molar-refractivity contribution in [3.63, 3.8) is 0 Å². The minimum absolute atomic E-state index is 0.0232. The molecular formula is C23H24O4. The van der Waals surface area contributed by atoms with Gasteiger partial charge in [-0.1, -0.05) is 24.3 Å². The molecule has 0 aromatic heterocycles. The maximum absolute atomic E-state index is 6.17. The van der Waals surface area contributed by atoms with Crippen molar-refractivity contribution in [3.8, 4) is 5.75 Å². The van der Waals surface area contributed by atoms with Crippen LogP contribution in [0.3, 0.4) is 0 Å². The van der Waals surface area contributed by atoms with Crippen LogP contribution in [0.4, 0.5) is 0 Å². The minimum atomic E-state index is -0.0643. The lowest BCUT2D eigenvalue weighted by atomic mass is 9.83. The van der Waals surface area contributed by atoms with E-state index in [0.717, 1.165) is 31.6 Å². The highest BCUT2D eigenvalue weighted by atomic mass is 16.5. The van der Waals surface area contributed by atoms with E-state index in [1.807, 2.05) is 18.4 Å². The van der Waals surface area contributed by atoms with E-state index in [2.05, 4.69) is 36.4 Å². The highest BCUT2D eigenvalue weighted by Gasteiger charge is 2.38. The van der Waals surface area contributed by atoms with Gasteiger partial charge in [0, 0.05) is 5.56 Å². The SMILES string of the molecule is C1=COC(C2COc3ccc(C4CCC=CO4)c(C4C=CCCO4)c32)C=C1. The molecule has 4 heterocycles. The number of benzene rings is 1. The lowest BCUT2D eigenvalue weighted by Gasteiger charge is -2.30. The van der Waals surface area contributed by atoms with Gasteiger partial charge in [0.05, 0.1) is 31.7 Å². The average Bonchev–Trinajstić information content (AvgIpc) is 3.19. The molecule has 4 heteroatoms. The quantitative estimate of drug-likeness (QED) is 0.706. The Labute approximate surface area is 159 Å². The van der Waals surface area contributed by atoms with Gasteiger partial charge in [-0.05, 0) is 54.7 Å². The molecule has 1 aromatic rings. The molecule has 27 heavy (non-hydrogen) atoms. The number of rotatable bonds is 3. The van der Waals surface area contributed by atoms with Crippen molar-refractivity contribution in [3.05, 3.63) is 77.8 Å². The first-order valence-corrected chi connectivity index (χ1v) is 9.79. The molecule has 0 N–H and O–H groups in total. The molecule has 4 nitrogen and oxygen atoms in total. The van der Waals surface area contributed by atoms with Crippen LogP contribution in [0.2, 0.25) is 0 Å². The van der Waals surface area contributed by atoms with Crippen molar-refractivity contribution in [2.45, 2.75) is 43.5 Å². The molecule has 0 saturated heterocycles. The monoisotopic (exact) mass is 364 g/mol. The lowest BCUT2D eigenvalue weighted by molar-refractivity contribution is 0.0723. The van der Waals surface area contributed by atoms with Crippen LogP contribution in [0.1, 0.15) is 54.1 Å². The third-order valence-electron chi connectivity index (χ3n) is 5.65. The Bertz CT molecular complexity index is 820. The lowest BCUT2D eigenvalue weighted by Crippen LogP contribution is -2.23. The van der Waals surface area contributed by atoms with Gasteiger partial charge in [0.1, 0.15) is 24.1 Å². The molecule has 5 rings (SSSR count). The number of hydrogen-bond acceptors (Lipinski definition) is 4. The van der Waals surface area contributed by atoms with Crippen molar-refractivity contribution in [2.75, 3.05) is 13.2 Å². The topological polar surface area (TPSA) is 36.9 Å². The van der Waals surface area contributed by atoms with Crippen LogP contribution in [0.15, 0.2) is 61.1 Å². The molecule has 140 valence electrons. The van der Waals surface area contributed by atoms with E-state index in [-0.39, 0.29) is 24.2 Å². The zero-order valence-corrected chi connectivity index (χ0v) is 15.3. The number of allylic oxidation sites excluding steroid dienone is 3. The summed E-state index contributed by atoms with van der Waals surface area (Å²) in [6.07, 6.45) is 19.1. The number of fused-ring (bicyclic) bond motifs is 1. The number of hydrogen-bond donors (Lipinski definition) is 0. The van der Waals surface area contributed by atoms with E-state index in [9.17, 15) is 0 Å². The van der Waals surface area contributed by atoms with Gasteiger partial charge >= 0.3 is 0 Å². The molecule has 0 aliphatic carbocycles. The zero-order valence-electron chi connectivity index (χ0n) is 15.3. The first-order chi connectivity index (χ1) is 13.4. The van der Waals surface area contributed by atoms with Gasteiger partial charge in [-0.3, -0.25) is 0 Å². The second-order valence-corrected chi connectivity index (χ2v) is 7.29. The highest BCUT2D eigenvalue weighted by molar-refractivity contribution is 5.53. The van der Waals surface area contributed by atoms with Gasteiger partial charge in [-0.25, -0.2) is 0 Å². The third kappa shape index (κ3) is 3.08. The van der Waals surface area contributed by atoms with Crippen LogP contribution >= 0.6 is 0 Å². The second kappa shape index (κ2) is 7.28. The molecule has 4 aliphatic rings. The average molecular weight is 364 g/mol.